The highest BCUT2D eigenvalue weighted by Crippen LogP contribution is 2.42. The molecule has 1 aromatic heterocycles. The number of aliphatic imine (C=N–C) groups is 1. The molecular formula is C11H10N2O2S2. The van der Waals surface area contributed by atoms with Crippen molar-refractivity contribution in [2.45, 2.75) is 24.4 Å². The summed E-state index contributed by atoms with van der Waals surface area (Å²) in [5, 5.41) is 3.86. The predicted molar refractivity (Wildman–Crippen MR) is 68.2 cm³/mol. The summed E-state index contributed by atoms with van der Waals surface area (Å²) in [4.78, 5) is 29.5. The van der Waals surface area contributed by atoms with Gasteiger partial charge in [-0.3, -0.25) is 14.6 Å². The van der Waals surface area contributed by atoms with E-state index in [0.717, 1.165) is 5.56 Å². The number of hydrogen-bond donors (Lipinski definition) is 0. The zero-order chi connectivity index (χ0) is 12.0. The molecule has 3 heterocycles. The van der Waals surface area contributed by atoms with Gasteiger partial charge in [0, 0.05) is 0 Å². The van der Waals surface area contributed by atoms with Crippen LogP contribution in [0.25, 0.3) is 0 Å². The molecule has 88 valence electrons. The highest BCUT2D eigenvalue weighted by atomic mass is 32.2. The molecule has 0 spiro atoms. The Morgan fingerprint density at radius 1 is 1.59 bits per heavy atom. The maximum absolute atomic E-state index is 11.9. The highest BCUT2D eigenvalue weighted by Gasteiger charge is 2.53. The van der Waals surface area contributed by atoms with Crippen LogP contribution in [0.1, 0.15) is 18.5 Å². The molecule has 0 aliphatic carbocycles. The first-order valence-electron chi connectivity index (χ1n) is 5.22. The van der Waals surface area contributed by atoms with Gasteiger partial charge in [0.05, 0.1) is 5.55 Å². The van der Waals surface area contributed by atoms with Crippen molar-refractivity contribution in [1.82, 2.24) is 4.90 Å². The summed E-state index contributed by atoms with van der Waals surface area (Å²) in [6, 6.07) is 1.20. The minimum absolute atomic E-state index is 0.00250. The molecule has 3 unspecified atom stereocenters. The van der Waals surface area contributed by atoms with Crippen molar-refractivity contribution in [3.63, 3.8) is 0 Å². The maximum Gasteiger partial charge on any atom is 0.252 e. The molecule has 1 fully saturated rings. The number of thioether (sulfide) groups is 1. The van der Waals surface area contributed by atoms with Crippen molar-refractivity contribution in [2.24, 2.45) is 4.99 Å². The average molecular weight is 266 g/mol. The van der Waals surface area contributed by atoms with Gasteiger partial charge >= 0.3 is 0 Å². The number of carbonyl (C=O) groups excluding carboxylic acids is 2. The summed E-state index contributed by atoms with van der Waals surface area (Å²) in [7, 11) is 0. The van der Waals surface area contributed by atoms with Crippen LogP contribution in [-0.4, -0.2) is 33.6 Å². The van der Waals surface area contributed by atoms with Crippen LogP contribution >= 0.6 is 23.1 Å². The topological polar surface area (TPSA) is 49.7 Å². The van der Waals surface area contributed by atoms with Crippen LogP contribution in [-0.2, 0) is 9.59 Å². The lowest BCUT2D eigenvalue weighted by atomic mass is 9.98. The molecule has 3 rings (SSSR count). The molecule has 0 bridgehead atoms. The molecule has 0 N–H and O–H groups in total. The lowest BCUT2D eigenvalue weighted by Gasteiger charge is -2.45. The molecule has 0 aromatic carbocycles. The minimum atomic E-state index is -0.441. The molecule has 1 aromatic rings. The Kier molecular flexibility index (Phi) is 2.56. The van der Waals surface area contributed by atoms with Gasteiger partial charge in [-0.1, -0.05) is 11.8 Å². The number of rotatable bonds is 3. The normalized spacial score (nSPS) is 27.8. The SMILES string of the molecule is CC(=O)C(c1ccsc1)N1C(=O)C2N=CSC21. The molecule has 0 radical (unpaired) electrons. The van der Waals surface area contributed by atoms with Gasteiger partial charge in [-0.15, -0.1) is 0 Å². The van der Waals surface area contributed by atoms with E-state index in [9.17, 15) is 9.59 Å². The number of hydrogen-bond acceptors (Lipinski definition) is 5. The second-order valence-corrected chi connectivity index (χ2v) is 5.79. The van der Waals surface area contributed by atoms with Crippen molar-refractivity contribution < 1.29 is 9.59 Å². The van der Waals surface area contributed by atoms with E-state index in [2.05, 4.69) is 4.99 Å². The predicted octanol–water partition coefficient (Wildman–Crippen LogP) is 1.69. The second kappa shape index (κ2) is 3.96. The van der Waals surface area contributed by atoms with Crippen LogP contribution in [0.2, 0.25) is 0 Å². The van der Waals surface area contributed by atoms with E-state index in [0.29, 0.717) is 0 Å². The molecule has 2 aliphatic rings. The zero-order valence-electron chi connectivity index (χ0n) is 9.07. The van der Waals surface area contributed by atoms with Gasteiger partial charge in [0.2, 0.25) is 0 Å². The van der Waals surface area contributed by atoms with Crippen LogP contribution in [0, 0.1) is 0 Å². The number of fused-ring (bicyclic) bond motifs is 1. The Labute approximate surface area is 107 Å². The molecule has 0 saturated carbocycles. The number of carbonyl (C=O) groups is 2. The monoisotopic (exact) mass is 266 g/mol. The number of β-lactam (4-membered cyclic amide) rings is 1. The Hall–Kier alpha value is -1.14. The number of likely N-dealkylation sites (tertiary alicyclic amines) is 1. The smallest absolute Gasteiger partial charge is 0.252 e. The van der Waals surface area contributed by atoms with Crippen molar-refractivity contribution in [3.05, 3.63) is 22.4 Å². The van der Waals surface area contributed by atoms with Gasteiger partial charge in [-0.05, 0) is 29.3 Å². The molecule has 3 atom stereocenters. The number of ketones is 1. The minimum Gasteiger partial charge on any atom is -0.311 e. The van der Waals surface area contributed by atoms with E-state index in [4.69, 9.17) is 0 Å². The summed E-state index contributed by atoms with van der Waals surface area (Å²) in [6.07, 6.45) is 0. The lowest BCUT2D eigenvalue weighted by Crippen LogP contribution is -2.62. The van der Waals surface area contributed by atoms with E-state index in [1.54, 1.807) is 10.4 Å². The van der Waals surface area contributed by atoms with Gasteiger partial charge in [-0.2, -0.15) is 11.3 Å². The lowest BCUT2D eigenvalue weighted by molar-refractivity contribution is -0.151. The number of amides is 1. The molecule has 6 heteroatoms. The van der Waals surface area contributed by atoms with Gasteiger partial charge in [0.15, 0.2) is 11.8 Å². The van der Waals surface area contributed by atoms with E-state index >= 15 is 0 Å². The van der Waals surface area contributed by atoms with Crippen molar-refractivity contribution in [2.75, 3.05) is 0 Å². The van der Waals surface area contributed by atoms with Gasteiger partial charge in [0.25, 0.3) is 5.91 Å². The molecule has 4 nitrogen and oxygen atoms in total. The fourth-order valence-corrected chi connectivity index (χ4v) is 3.90. The van der Waals surface area contributed by atoms with Crippen LogP contribution in [0.4, 0.5) is 0 Å². The van der Waals surface area contributed by atoms with E-state index in [1.807, 2.05) is 16.8 Å². The first-order chi connectivity index (χ1) is 8.20. The third-order valence-corrected chi connectivity index (χ3v) is 4.70. The molecular weight excluding hydrogens is 256 g/mol. The first-order valence-corrected chi connectivity index (χ1v) is 7.10. The van der Waals surface area contributed by atoms with Crippen LogP contribution < -0.4 is 0 Å². The Morgan fingerprint density at radius 2 is 2.41 bits per heavy atom. The van der Waals surface area contributed by atoms with Crippen LogP contribution in [0.5, 0.6) is 0 Å². The molecule has 2 aliphatic heterocycles. The summed E-state index contributed by atoms with van der Waals surface area (Å²) in [6.45, 7) is 1.53. The second-order valence-electron chi connectivity index (χ2n) is 4.04. The molecule has 1 amide bonds. The Bertz CT molecular complexity index is 498. The van der Waals surface area contributed by atoms with E-state index < -0.39 is 6.04 Å². The summed E-state index contributed by atoms with van der Waals surface area (Å²) in [5.41, 5.74) is 2.61. The highest BCUT2D eigenvalue weighted by molar-refractivity contribution is 8.13. The average Bonchev–Trinajstić information content (AvgIpc) is 2.94. The third kappa shape index (κ3) is 1.55. The van der Waals surface area contributed by atoms with Gasteiger partial charge in [0.1, 0.15) is 11.4 Å². The zero-order valence-corrected chi connectivity index (χ0v) is 10.7. The number of Topliss-reactive ketones (excluding diaryl/α,β-unsaturated/α-hetero) is 1. The fraction of sp³-hybridized carbons (Fsp3) is 0.364. The Morgan fingerprint density at radius 3 is 3.06 bits per heavy atom. The van der Waals surface area contributed by atoms with Crippen molar-refractivity contribution in [1.29, 1.82) is 0 Å². The van der Waals surface area contributed by atoms with Crippen molar-refractivity contribution in [3.8, 4) is 0 Å². The number of nitrogens with zero attached hydrogens (tertiary/aromatic N) is 2. The number of thiophene rings is 1. The summed E-state index contributed by atoms with van der Waals surface area (Å²) in [5.74, 6) is -0.0367. The summed E-state index contributed by atoms with van der Waals surface area (Å²) >= 11 is 3.05. The summed E-state index contributed by atoms with van der Waals surface area (Å²) < 4.78 is 0. The Balaban J connectivity index is 1.91. The largest absolute Gasteiger partial charge is 0.311 e. The third-order valence-electron chi connectivity index (χ3n) is 3.00. The van der Waals surface area contributed by atoms with Crippen LogP contribution in [0.15, 0.2) is 21.8 Å². The molecule has 1 saturated heterocycles. The van der Waals surface area contributed by atoms with Gasteiger partial charge < -0.3 is 4.90 Å². The fourth-order valence-electron chi connectivity index (χ4n) is 2.21. The first kappa shape index (κ1) is 11.0. The van der Waals surface area contributed by atoms with Gasteiger partial charge in [-0.25, -0.2) is 0 Å². The molecule has 17 heavy (non-hydrogen) atoms. The maximum atomic E-state index is 11.9. The van der Waals surface area contributed by atoms with Crippen molar-refractivity contribution >= 4 is 40.3 Å². The quantitative estimate of drug-likeness (QED) is 0.782. The standard InChI is InChI=1S/C11H10N2O2S2/c1-6(14)9(7-2-3-16-4-7)13-10(15)8-11(13)17-5-12-8/h2-5,8-9,11H,1H3. The van der Waals surface area contributed by atoms with E-state index in [1.165, 1.54) is 30.0 Å². The van der Waals surface area contributed by atoms with E-state index in [-0.39, 0.29) is 23.1 Å². The van der Waals surface area contributed by atoms with Crippen LogP contribution in [0.3, 0.4) is 0 Å².